The maximum Gasteiger partial charge on any atom is 0.271 e. The summed E-state index contributed by atoms with van der Waals surface area (Å²) in [5, 5.41) is 13.7. The van der Waals surface area contributed by atoms with Crippen molar-refractivity contribution in [3.63, 3.8) is 0 Å². The van der Waals surface area contributed by atoms with Crippen molar-refractivity contribution < 1.29 is 9.72 Å². The SMILES string of the molecule is CC(Sc1ccc(Cl)cc1)C(=O)Nc1cccc([N+](=O)[O-])c1. The molecule has 0 spiro atoms. The predicted octanol–water partition coefficient (Wildman–Crippen LogP) is 4.37. The van der Waals surface area contributed by atoms with Gasteiger partial charge in [-0.2, -0.15) is 0 Å². The van der Waals surface area contributed by atoms with Gasteiger partial charge in [0.05, 0.1) is 10.2 Å². The topological polar surface area (TPSA) is 72.2 Å². The maximum atomic E-state index is 12.1. The van der Waals surface area contributed by atoms with Crippen molar-refractivity contribution in [2.45, 2.75) is 17.1 Å². The second-order valence-corrected chi connectivity index (χ2v) is 6.36. The van der Waals surface area contributed by atoms with Gasteiger partial charge >= 0.3 is 0 Å². The molecule has 0 aliphatic rings. The average Bonchev–Trinajstić information content (AvgIpc) is 2.49. The van der Waals surface area contributed by atoms with E-state index in [-0.39, 0.29) is 16.8 Å². The molecule has 2 aromatic rings. The van der Waals surface area contributed by atoms with E-state index in [4.69, 9.17) is 11.6 Å². The summed E-state index contributed by atoms with van der Waals surface area (Å²) in [5.74, 6) is -0.222. The number of hydrogen-bond donors (Lipinski definition) is 1. The molecule has 2 rings (SSSR count). The van der Waals surface area contributed by atoms with Gasteiger partial charge in [-0.15, -0.1) is 11.8 Å². The molecule has 2 aromatic carbocycles. The molecule has 0 bridgehead atoms. The number of nitrogens with one attached hydrogen (secondary N) is 1. The first-order valence-electron chi connectivity index (χ1n) is 6.43. The number of nitrogens with zero attached hydrogens (tertiary/aromatic N) is 1. The Morgan fingerprint density at radius 1 is 1.27 bits per heavy atom. The molecule has 5 nitrogen and oxygen atoms in total. The Bertz CT molecular complexity index is 691. The fourth-order valence-electron chi connectivity index (χ4n) is 1.71. The summed E-state index contributed by atoms with van der Waals surface area (Å²) in [6, 6.07) is 13.0. The predicted molar refractivity (Wildman–Crippen MR) is 88.5 cm³/mol. The minimum absolute atomic E-state index is 0.0594. The Morgan fingerprint density at radius 2 is 1.95 bits per heavy atom. The number of anilines is 1. The lowest BCUT2D eigenvalue weighted by Gasteiger charge is -2.12. The van der Waals surface area contributed by atoms with E-state index in [1.165, 1.54) is 30.0 Å². The number of nitro groups is 1. The van der Waals surface area contributed by atoms with Crippen molar-refractivity contribution in [3.05, 3.63) is 63.7 Å². The smallest absolute Gasteiger partial charge is 0.271 e. The number of amides is 1. The van der Waals surface area contributed by atoms with Crippen molar-refractivity contribution in [2.24, 2.45) is 0 Å². The molecule has 22 heavy (non-hydrogen) atoms. The van der Waals surface area contributed by atoms with Crippen LogP contribution in [0.4, 0.5) is 11.4 Å². The number of non-ortho nitro benzene ring substituents is 1. The van der Waals surface area contributed by atoms with Gasteiger partial charge in [-0.25, -0.2) is 0 Å². The highest BCUT2D eigenvalue weighted by Crippen LogP contribution is 2.26. The summed E-state index contributed by atoms with van der Waals surface area (Å²) >= 11 is 7.20. The van der Waals surface area contributed by atoms with Gasteiger partial charge in [0.2, 0.25) is 5.91 Å². The largest absolute Gasteiger partial charge is 0.325 e. The summed E-state index contributed by atoms with van der Waals surface area (Å²) in [6.07, 6.45) is 0. The Balaban J connectivity index is 2.00. The van der Waals surface area contributed by atoms with Crippen LogP contribution in [-0.2, 0) is 4.79 Å². The number of carbonyl (C=O) groups is 1. The number of hydrogen-bond acceptors (Lipinski definition) is 4. The van der Waals surface area contributed by atoms with Crippen LogP contribution >= 0.6 is 23.4 Å². The third kappa shape index (κ3) is 4.47. The van der Waals surface area contributed by atoms with Gasteiger partial charge in [0.15, 0.2) is 0 Å². The van der Waals surface area contributed by atoms with E-state index in [0.29, 0.717) is 10.7 Å². The number of nitro benzene ring substituents is 1. The van der Waals surface area contributed by atoms with Crippen LogP contribution in [0.2, 0.25) is 5.02 Å². The zero-order chi connectivity index (χ0) is 16.1. The number of benzene rings is 2. The summed E-state index contributed by atoms with van der Waals surface area (Å²) in [5.41, 5.74) is 0.346. The summed E-state index contributed by atoms with van der Waals surface area (Å²) in [4.78, 5) is 23.3. The molecule has 0 heterocycles. The fourth-order valence-corrected chi connectivity index (χ4v) is 2.71. The normalized spacial score (nSPS) is 11.7. The summed E-state index contributed by atoms with van der Waals surface area (Å²) in [7, 11) is 0. The van der Waals surface area contributed by atoms with Crippen LogP contribution in [0.15, 0.2) is 53.4 Å². The third-order valence-corrected chi connectivity index (χ3v) is 4.18. The van der Waals surface area contributed by atoms with Gasteiger partial charge in [0, 0.05) is 27.7 Å². The van der Waals surface area contributed by atoms with Gasteiger partial charge in [-0.3, -0.25) is 14.9 Å². The molecule has 0 aliphatic carbocycles. The fraction of sp³-hybridized carbons (Fsp3) is 0.133. The maximum absolute atomic E-state index is 12.1. The molecule has 0 aliphatic heterocycles. The first-order valence-corrected chi connectivity index (χ1v) is 7.69. The molecule has 1 atom stereocenters. The highest BCUT2D eigenvalue weighted by Gasteiger charge is 2.15. The lowest BCUT2D eigenvalue weighted by molar-refractivity contribution is -0.384. The van der Waals surface area contributed by atoms with Gasteiger partial charge in [0.25, 0.3) is 5.69 Å². The zero-order valence-electron chi connectivity index (χ0n) is 11.7. The van der Waals surface area contributed by atoms with E-state index in [9.17, 15) is 14.9 Å². The van der Waals surface area contributed by atoms with Crippen molar-refractivity contribution in [3.8, 4) is 0 Å². The van der Waals surface area contributed by atoms with E-state index in [0.717, 1.165) is 4.90 Å². The average molecular weight is 337 g/mol. The van der Waals surface area contributed by atoms with Gasteiger partial charge in [-0.1, -0.05) is 17.7 Å². The molecule has 0 saturated carbocycles. The lowest BCUT2D eigenvalue weighted by Crippen LogP contribution is -2.22. The zero-order valence-corrected chi connectivity index (χ0v) is 13.2. The highest BCUT2D eigenvalue weighted by atomic mass is 35.5. The molecule has 0 saturated heterocycles. The third-order valence-electron chi connectivity index (χ3n) is 2.82. The van der Waals surface area contributed by atoms with Crippen LogP contribution < -0.4 is 5.32 Å². The molecule has 0 radical (unpaired) electrons. The van der Waals surface area contributed by atoms with Gasteiger partial charge < -0.3 is 5.32 Å². The Morgan fingerprint density at radius 3 is 2.59 bits per heavy atom. The molecule has 1 amide bonds. The lowest BCUT2D eigenvalue weighted by atomic mass is 10.2. The Kier molecular flexibility index (Phi) is 5.41. The second-order valence-electron chi connectivity index (χ2n) is 4.51. The van der Waals surface area contributed by atoms with Crippen LogP contribution in [0.1, 0.15) is 6.92 Å². The molecule has 1 N–H and O–H groups in total. The Hall–Kier alpha value is -2.05. The molecular formula is C15H13ClN2O3S. The monoisotopic (exact) mass is 336 g/mol. The quantitative estimate of drug-likeness (QED) is 0.500. The van der Waals surface area contributed by atoms with Gasteiger partial charge in [-0.05, 0) is 37.3 Å². The highest BCUT2D eigenvalue weighted by molar-refractivity contribution is 8.00. The van der Waals surface area contributed by atoms with Crippen molar-refractivity contribution in [1.29, 1.82) is 0 Å². The van der Waals surface area contributed by atoms with Crippen molar-refractivity contribution >= 4 is 40.6 Å². The van der Waals surface area contributed by atoms with Crippen molar-refractivity contribution in [1.82, 2.24) is 0 Å². The summed E-state index contributed by atoms with van der Waals surface area (Å²) in [6.45, 7) is 1.77. The minimum Gasteiger partial charge on any atom is -0.325 e. The molecular weight excluding hydrogens is 324 g/mol. The van der Waals surface area contributed by atoms with Crippen LogP contribution in [0, 0.1) is 10.1 Å². The first kappa shape index (κ1) is 16.3. The first-order chi connectivity index (χ1) is 10.5. The van der Waals surface area contributed by atoms with E-state index in [1.807, 2.05) is 12.1 Å². The van der Waals surface area contributed by atoms with Crippen LogP contribution in [-0.4, -0.2) is 16.1 Å². The van der Waals surface area contributed by atoms with Crippen LogP contribution in [0.25, 0.3) is 0 Å². The van der Waals surface area contributed by atoms with Crippen LogP contribution in [0.3, 0.4) is 0 Å². The Labute approximate surface area is 136 Å². The summed E-state index contributed by atoms with van der Waals surface area (Å²) < 4.78 is 0. The minimum atomic E-state index is -0.498. The molecule has 7 heteroatoms. The number of carbonyl (C=O) groups excluding carboxylic acids is 1. The second kappa shape index (κ2) is 7.29. The van der Waals surface area contributed by atoms with Crippen LogP contribution in [0.5, 0.6) is 0 Å². The van der Waals surface area contributed by atoms with E-state index in [2.05, 4.69) is 5.32 Å². The number of rotatable bonds is 5. The van der Waals surface area contributed by atoms with E-state index in [1.54, 1.807) is 25.1 Å². The van der Waals surface area contributed by atoms with Gasteiger partial charge in [0.1, 0.15) is 0 Å². The molecule has 0 aromatic heterocycles. The standard InChI is InChI=1S/C15H13ClN2O3S/c1-10(22-14-7-5-11(16)6-8-14)15(19)17-12-3-2-4-13(9-12)18(20)21/h2-10H,1H3,(H,17,19). The number of thioether (sulfide) groups is 1. The molecule has 114 valence electrons. The van der Waals surface area contributed by atoms with E-state index >= 15 is 0 Å². The molecule has 0 fully saturated rings. The molecule has 1 unspecified atom stereocenters. The van der Waals surface area contributed by atoms with Crippen molar-refractivity contribution in [2.75, 3.05) is 5.32 Å². The van der Waals surface area contributed by atoms with E-state index < -0.39 is 4.92 Å². The number of halogens is 1.